The zero-order chi connectivity index (χ0) is 14.4. The summed E-state index contributed by atoms with van der Waals surface area (Å²) in [6.07, 6.45) is 13.0. The highest BCUT2D eigenvalue weighted by atomic mass is 16.7. The first-order valence-electron chi connectivity index (χ1n) is 6.92. The van der Waals surface area contributed by atoms with Gasteiger partial charge < -0.3 is 9.47 Å². The van der Waals surface area contributed by atoms with Gasteiger partial charge in [-0.25, -0.2) is 18.3 Å². The fourth-order valence-corrected chi connectivity index (χ4v) is 2.04. The van der Waals surface area contributed by atoms with E-state index in [9.17, 15) is 0 Å². The van der Waals surface area contributed by atoms with E-state index in [0.717, 1.165) is 13.0 Å². The summed E-state index contributed by atoms with van der Waals surface area (Å²) in [7, 11) is 4.00. The molecular weight excluding hydrogens is 256 g/mol. The third kappa shape index (κ3) is 4.18. The van der Waals surface area contributed by atoms with Crippen LogP contribution < -0.4 is 9.13 Å². The van der Waals surface area contributed by atoms with Crippen LogP contribution >= 0.6 is 0 Å². The van der Waals surface area contributed by atoms with Gasteiger partial charge in [-0.1, -0.05) is 6.92 Å². The van der Waals surface area contributed by atoms with Crippen LogP contribution in [0.2, 0.25) is 0 Å². The van der Waals surface area contributed by atoms with Crippen molar-refractivity contribution in [1.29, 1.82) is 0 Å². The van der Waals surface area contributed by atoms with Gasteiger partial charge in [-0.3, -0.25) is 0 Å². The van der Waals surface area contributed by atoms with Crippen molar-refractivity contribution in [2.24, 2.45) is 14.1 Å². The summed E-state index contributed by atoms with van der Waals surface area (Å²) in [4.78, 5) is 0. The highest BCUT2D eigenvalue weighted by molar-refractivity contribution is 4.69. The topological polar surface area (TPSA) is 36.1 Å². The van der Waals surface area contributed by atoms with Crippen LogP contribution in [0.5, 0.6) is 0 Å². The van der Waals surface area contributed by atoms with Crippen molar-refractivity contribution >= 4 is 0 Å². The Morgan fingerprint density at radius 1 is 1.10 bits per heavy atom. The molecule has 0 bridgehead atoms. The van der Waals surface area contributed by atoms with Crippen LogP contribution in [0.4, 0.5) is 0 Å². The first-order valence-corrected chi connectivity index (χ1v) is 6.92. The van der Waals surface area contributed by atoms with Crippen molar-refractivity contribution < 1.29 is 18.6 Å². The van der Waals surface area contributed by atoms with Gasteiger partial charge in [0.15, 0.2) is 6.79 Å². The Hall–Kier alpha value is -1.66. The van der Waals surface area contributed by atoms with Crippen molar-refractivity contribution in [2.75, 3.05) is 13.4 Å². The molecular formula is C14H24N4O2+2. The number of hydrogen-bond acceptors (Lipinski definition) is 2. The maximum atomic E-state index is 5.75. The number of rotatable bonds is 8. The van der Waals surface area contributed by atoms with Crippen LogP contribution in [0.25, 0.3) is 0 Å². The lowest BCUT2D eigenvalue weighted by molar-refractivity contribution is -0.671. The predicted molar refractivity (Wildman–Crippen MR) is 72.4 cm³/mol. The SMILES string of the molecule is CCC(OCOCCn1cc[n+](C)c1)n1cc[n+](C)c1. The minimum atomic E-state index is 0.0283. The molecule has 1 unspecified atom stereocenters. The van der Waals surface area contributed by atoms with Gasteiger partial charge in [0.2, 0.25) is 18.9 Å². The number of hydrogen-bond donors (Lipinski definition) is 0. The standard InChI is InChI=1S/C14H24N4O2/c1-4-14(18-8-6-16(3)12-18)20-13-19-10-9-17-7-5-15(2)11-17/h5-8,11-12,14H,4,9-10,13H2,1-3H3/q+2. The molecule has 2 aromatic heterocycles. The molecule has 6 heteroatoms. The third-order valence-corrected chi connectivity index (χ3v) is 3.13. The lowest BCUT2D eigenvalue weighted by atomic mass is 10.4. The van der Waals surface area contributed by atoms with E-state index in [2.05, 4.69) is 16.1 Å². The summed E-state index contributed by atoms with van der Waals surface area (Å²) in [5, 5.41) is 0. The lowest BCUT2D eigenvalue weighted by Crippen LogP contribution is -2.25. The normalized spacial score (nSPS) is 12.8. The minimum absolute atomic E-state index is 0.0283. The summed E-state index contributed by atoms with van der Waals surface area (Å²) in [5.41, 5.74) is 0. The molecule has 0 saturated carbocycles. The lowest BCUT2D eigenvalue weighted by Gasteiger charge is -2.12. The van der Waals surface area contributed by atoms with Crippen molar-refractivity contribution in [2.45, 2.75) is 26.1 Å². The van der Waals surface area contributed by atoms with Crippen molar-refractivity contribution in [3.63, 3.8) is 0 Å². The molecule has 110 valence electrons. The molecule has 0 spiro atoms. The second-order valence-corrected chi connectivity index (χ2v) is 4.90. The highest BCUT2D eigenvalue weighted by Gasteiger charge is 2.14. The molecule has 0 aliphatic carbocycles. The van der Waals surface area contributed by atoms with Gasteiger partial charge in [0, 0.05) is 6.42 Å². The van der Waals surface area contributed by atoms with Crippen LogP contribution in [-0.2, 0) is 30.1 Å². The Morgan fingerprint density at radius 2 is 1.85 bits per heavy atom. The summed E-state index contributed by atoms with van der Waals surface area (Å²) in [6.45, 7) is 3.89. The Morgan fingerprint density at radius 3 is 2.45 bits per heavy atom. The zero-order valence-electron chi connectivity index (χ0n) is 12.5. The van der Waals surface area contributed by atoms with Crippen LogP contribution in [0, 0.1) is 0 Å². The molecule has 20 heavy (non-hydrogen) atoms. The molecule has 0 N–H and O–H groups in total. The number of ether oxygens (including phenoxy) is 2. The first-order chi connectivity index (χ1) is 9.69. The quantitative estimate of drug-likeness (QED) is 0.402. The Balaban J connectivity index is 1.66. The first kappa shape index (κ1) is 14.7. The molecule has 0 fully saturated rings. The van der Waals surface area contributed by atoms with E-state index < -0.39 is 0 Å². The van der Waals surface area contributed by atoms with Gasteiger partial charge in [-0.15, -0.1) is 0 Å². The molecule has 2 heterocycles. The van der Waals surface area contributed by atoms with Gasteiger partial charge in [0.1, 0.15) is 31.3 Å². The monoisotopic (exact) mass is 280 g/mol. The average molecular weight is 280 g/mol. The molecule has 1 atom stereocenters. The van der Waals surface area contributed by atoms with E-state index in [1.54, 1.807) is 0 Å². The van der Waals surface area contributed by atoms with E-state index in [1.165, 1.54) is 0 Å². The van der Waals surface area contributed by atoms with Gasteiger partial charge in [0.25, 0.3) is 0 Å². The van der Waals surface area contributed by atoms with Crippen molar-refractivity contribution in [1.82, 2.24) is 9.13 Å². The molecule has 0 aromatic carbocycles. The molecule has 0 saturated heterocycles. The fourth-order valence-electron chi connectivity index (χ4n) is 2.04. The van der Waals surface area contributed by atoms with E-state index in [-0.39, 0.29) is 6.23 Å². The Labute approximate surface area is 119 Å². The maximum Gasteiger partial charge on any atom is 0.245 e. The second kappa shape index (κ2) is 7.21. The van der Waals surface area contributed by atoms with Gasteiger partial charge in [-0.05, 0) is 0 Å². The Kier molecular flexibility index (Phi) is 5.31. The number of imidazole rings is 2. The van der Waals surface area contributed by atoms with E-state index in [1.807, 2.05) is 60.7 Å². The maximum absolute atomic E-state index is 5.75. The molecule has 0 aliphatic heterocycles. The minimum Gasteiger partial charge on any atom is -0.351 e. The zero-order valence-corrected chi connectivity index (χ0v) is 12.5. The average Bonchev–Trinajstić information content (AvgIpc) is 3.03. The summed E-state index contributed by atoms with van der Waals surface area (Å²) in [6, 6.07) is 0. The fraction of sp³-hybridized carbons (Fsp3) is 0.571. The van der Waals surface area contributed by atoms with E-state index >= 15 is 0 Å². The molecule has 2 aromatic rings. The molecule has 6 nitrogen and oxygen atoms in total. The number of nitrogens with zero attached hydrogens (tertiary/aromatic N) is 4. The molecule has 2 rings (SSSR count). The van der Waals surface area contributed by atoms with Crippen LogP contribution in [-0.4, -0.2) is 22.5 Å². The van der Waals surface area contributed by atoms with Crippen molar-refractivity contribution in [3.05, 3.63) is 37.4 Å². The predicted octanol–water partition coefficient (Wildman–Crippen LogP) is 0.538. The molecule has 0 aliphatic rings. The van der Waals surface area contributed by atoms with Crippen LogP contribution in [0.3, 0.4) is 0 Å². The number of aryl methyl sites for hydroxylation is 2. The summed E-state index contributed by atoms with van der Waals surface area (Å²) < 4.78 is 19.4. The molecule has 0 amide bonds. The highest BCUT2D eigenvalue weighted by Crippen LogP contribution is 2.11. The van der Waals surface area contributed by atoms with E-state index in [0.29, 0.717) is 13.4 Å². The van der Waals surface area contributed by atoms with Gasteiger partial charge in [-0.2, -0.15) is 0 Å². The smallest absolute Gasteiger partial charge is 0.245 e. The van der Waals surface area contributed by atoms with Crippen LogP contribution in [0.15, 0.2) is 37.4 Å². The van der Waals surface area contributed by atoms with Gasteiger partial charge >= 0.3 is 0 Å². The number of aromatic nitrogens is 4. The third-order valence-electron chi connectivity index (χ3n) is 3.13. The summed E-state index contributed by atoms with van der Waals surface area (Å²) >= 11 is 0. The Bertz CT molecular complexity index is 521. The largest absolute Gasteiger partial charge is 0.351 e. The van der Waals surface area contributed by atoms with Gasteiger partial charge in [0.05, 0.1) is 20.7 Å². The molecule has 0 radical (unpaired) electrons. The van der Waals surface area contributed by atoms with Crippen LogP contribution in [0.1, 0.15) is 19.6 Å². The summed E-state index contributed by atoms with van der Waals surface area (Å²) in [5.74, 6) is 0. The van der Waals surface area contributed by atoms with E-state index in [4.69, 9.17) is 9.47 Å². The second-order valence-electron chi connectivity index (χ2n) is 4.90. The van der Waals surface area contributed by atoms with Crippen molar-refractivity contribution in [3.8, 4) is 0 Å².